The van der Waals surface area contributed by atoms with Crippen LogP contribution in [0.3, 0.4) is 0 Å². The average Bonchev–Trinajstić information content (AvgIpc) is 2.58. The van der Waals surface area contributed by atoms with Crippen LogP contribution in [0.15, 0.2) is 47.5 Å². The molecule has 0 aliphatic rings. The Labute approximate surface area is 143 Å². The third kappa shape index (κ3) is 4.82. The van der Waals surface area contributed by atoms with Gasteiger partial charge >= 0.3 is 11.9 Å². The summed E-state index contributed by atoms with van der Waals surface area (Å²) >= 11 is 6.04. The summed E-state index contributed by atoms with van der Waals surface area (Å²) in [6.07, 6.45) is 1.60. The van der Waals surface area contributed by atoms with Gasteiger partial charge in [0.05, 0.1) is 23.4 Å². The summed E-state index contributed by atoms with van der Waals surface area (Å²) in [6, 6.07) is 11.5. The fraction of sp³-hybridized carbons (Fsp3) is 0.118. The molecule has 2 aromatic carbocycles. The highest BCUT2D eigenvalue weighted by atomic mass is 35.5. The first kappa shape index (κ1) is 17.5. The number of ether oxygens (including phenoxy) is 2. The smallest absolute Gasteiger partial charge is 0.341 e. The van der Waals surface area contributed by atoms with E-state index >= 15 is 0 Å². The predicted molar refractivity (Wildman–Crippen MR) is 89.6 cm³/mol. The van der Waals surface area contributed by atoms with Crippen LogP contribution < -0.4 is 4.74 Å². The molecule has 0 amide bonds. The molecule has 0 unspecified atom stereocenters. The number of methoxy groups -OCH3 is 1. The number of benzene rings is 2. The quantitative estimate of drug-likeness (QED) is 0.640. The number of esters is 1. The number of carbonyl (C=O) groups is 2. The maximum Gasteiger partial charge on any atom is 0.341 e. The molecule has 0 radical (unpaired) electrons. The van der Waals surface area contributed by atoms with E-state index in [1.54, 1.807) is 48.7 Å². The van der Waals surface area contributed by atoms with Gasteiger partial charge in [-0.1, -0.05) is 11.6 Å². The minimum absolute atomic E-state index is 0.290. The van der Waals surface area contributed by atoms with Crippen LogP contribution in [0, 0.1) is 0 Å². The van der Waals surface area contributed by atoms with Gasteiger partial charge in [0, 0.05) is 6.21 Å². The molecule has 0 aromatic heterocycles. The van der Waals surface area contributed by atoms with Crippen LogP contribution in [0.4, 0.5) is 5.69 Å². The number of rotatable bonds is 6. The van der Waals surface area contributed by atoms with E-state index in [0.717, 1.165) is 5.56 Å². The number of aliphatic imine (C=N–C) groups is 1. The number of carboxylic acids is 1. The van der Waals surface area contributed by atoms with Crippen molar-refractivity contribution in [2.24, 2.45) is 4.99 Å². The Morgan fingerprint density at radius 3 is 2.50 bits per heavy atom. The summed E-state index contributed by atoms with van der Waals surface area (Å²) in [7, 11) is 1.32. The summed E-state index contributed by atoms with van der Waals surface area (Å²) in [5, 5.41) is 8.87. The zero-order valence-corrected chi connectivity index (χ0v) is 13.5. The molecule has 0 saturated heterocycles. The summed E-state index contributed by atoms with van der Waals surface area (Å²) in [6.45, 7) is -0.459. The van der Waals surface area contributed by atoms with Crippen molar-refractivity contribution >= 4 is 35.4 Å². The Morgan fingerprint density at radius 1 is 1.21 bits per heavy atom. The topological polar surface area (TPSA) is 85.2 Å². The van der Waals surface area contributed by atoms with Gasteiger partial charge in [0.15, 0.2) is 6.61 Å². The van der Waals surface area contributed by atoms with Crippen LogP contribution in [0.5, 0.6) is 5.75 Å². The maximum atomic E-state index is 11.3. The van der Waals surface area contributed by atoms with E-state index < -0.39 is 18.5 Å². The van der Waals surface area contributed by atoms with Crippen molar-refractivity contribution in [2.45, 2.75) is 0 Å². The normalized spacial score (nSPS) is 10.6. The van der Waals surface area contributed by atoms with E-state index in [2.05, 4.69) is 9.73 Å². The fourth-order valence-corrected chi connectivity index (χ4v) is 2.05. The van der Waals surface area contributed by atoms with Gasteiger partial charge < -0.3 is 14.6 Å². The van der Waals surface area contributed by atoms with E-state index in [1.165, 1.54) is 7.11 Å². The molecule has 0 fully saturated rings. The highest BCUT2D eigenvalue weighted by Crippen LogP contribution is 2.25. The van der Waals surface area contributed by atoms with Gasteiger partial charge in [0.1, 0.15) is 5.75 Å². The Bertz CT molecular complexity index is 771. The van der Waals surface area contributed by atoms with Crippen LogP contribution >= 0.6 is 11.6 Å². The van der Waals surface area contributed by atoms with Crippen molar-refractivity contribution in [3.63, 3.8) is 0 Å². The van der Waals surface area contributed by atoms with Gasteiger partial charge in [-0.2, -0.15) is 0 Å². The van der Waals surface area contributed by atoms with Crippen molar-refractivity contribution in [1.82, 2.24) is 0 Å². The SMILES string of the molecule is COC(=O)c1ccc(N=Cc2ccc(OCC(=O)O)c(Cl)c2)cc1. The van der Waals surface area contributed by atoms with Crippen molar-refractivity contribution in [3.8, 4) is 5.75 Å². The van der Waals surface area contributed by atoms with Crippen molar-refractivity contribution < 1.29 is 24.2 Å². The molecular weight excluding hydrogens is 334 g/mol. The number of hydrogen-bond donors (Lipinski definition) is 1. The van der Waals surface area contributed by atoms with Crippen molar-refractivity contribution in [2.75, 3.05) is 13.7 Å². The summed E-state index contributed by atoms with van der Waals surface area (Å²) in [4.78, 5) is 26.1. The lowest BCUT2D eigenvalue weighted by Crippen LogP contribution is -2.09. The lowest BCUT2D eigenvalue weighted by atomic mass is 10.2. The van der Waals surface area contributed by atoms with Crippen LogP contribution in [-0.4, -0.2) is 37.0 Å². The number of carbonyl (C=O) groups excluding carboxylic acids is 1. The molecule has 0 bridgehead atoms. The third-order valence-corrected chi connectivity index (χ3v) is 3.25. The maximum absolute atomic E-state index is 11.3. The minimum Gasteiger partial charge on any atom is -0.480 e. The lowest BCUT2D eigenvalue weighted by Gasteiger charge is -2.05. The number of nitrogens with zero attached hydrogens (tertiary/aromatic N) is 1. The van der Waals surface area contributed by atoms with Gasteiger partial charge in [-0.05, 0) is 48.0 Å². The summed E-state index contributed by atoms with van der Waals surface area (Å²) in [5.41, 5.74) is 1.82. The largest absolute Gasteiger partial charge is 0.480 e. The standard InChI is InChI=1S/C17H14ClNO5/c1-23-17(22)12-3-5-13(6-4-12)19-9-11-2-7-15(14(18)8-11)24-10-16(20)21/h2-9H,10H2,1H3,(H,20,21). The second-order valence-corrected chi connectivity index (χ2v) is 5.08. The van der Waals surface area contributed by atoms with Crippen molar-refractivity contribution in [3.05, 3.63) is 58.6 Å². The van der Waals surface area contributed by atoms with Crippen LogP contribution in [-0.2, 0) is 9.53 Å². The van der Waals surface area contributed by atoms with Gasteiger partial charge in [0.25, 0.3) is 0 Å². The first-order chi connectivity index (χ1) is 11.5. The predicted octanol–water partition coefficient (Wildman–Crippen LogP) is 3.34. The lowest BCUT2D eigenvalue weighted by molar-refractivity contribution is -0.139. The second-order valence-electron chi connectivity index (χ2n) is 4.67. The molecule has 7 heteroatoms. The van der Waals surface area contributed by atoms with Gasteiger partial charge in [-0.25, -0.2) is 9.59 Å². The Morgan fingerprint density at radius 2 is 1.92 bits per heavy atom. The zero-order chi connectivity index (χ0) is 17.5. The summed E-state index contributed by atoms with van der Waals surface area (Å²) < 4.78 is 9.67. The highest BCUT2D eigenvalue weighted by molar-refractivity contribution is 6.32. The fourth-order valence-electron chi connectivity index (χ4n) is 1.80. The molecule has 1 N–H and O–H groups in total. The molecule has 6 nitrogen and oxygen atoms in total. The molecule has 2 aromatic rings. The molecule has 0 aliphatic heterocycles. The molecule has 0 saturated carbocycles. The monoisotopic (exact) mass is 347 g/mol. The average molecular weight is 348 g/mol. The van der Waals surface area contributed by atoms with Gasteiger partial charge in [-0.15, -0.1) is 0 Å². The summed E-state index contributed by atoms with van der Waals surface area (Å²) in [5.74, 6) is -1.19. The molecule has 0 heterocycles. The Balaban J connectivity index is 2.07. The number of hydrogen-bond acceptors (Lipinski definition) is 5. The van der Waals surface area contributed by atoms with Gasteiger partial charge in [0.2, 0.25) is 0 Å². The number of halogens is 1. The molecule has 24 heavy (non-hydrogen) atoms. The van der Waals surface area contributed by atoms with Crippen molar-refractivity contribution in [1.29, 1.82) is 0 Å². The van der Waals surface area contributed by atoms with E-state index in [1.807, 2.05) is 0 Å². The first-order valence-corrected chi connectivity index (χ1v) is 7.24. The van der Waals surface area contributed by atoms with E-state index in [-0.39, 0.29) is 0 Å². The first-order valence-electron chi connectivity index (χ1n) is 6.86. The van der Waals surface area contributed by atoms with E-state index in [4.69, 9.17) is 21.4 Å². The molecule has 0 aliphatic carbocycles. The molecule has 0 atom stereocenters. The van der Waals surface area contributed by atoms with E-state index in [0.29, 0.717) is 22.0 Å². The van der Waals surface area contributed by atoms with Crippen LogP contribution in [0.1, 0.15) is 15.9 Å². The zero-order valence-electron chi connectivity index (χ0n) is 12.7. The van der Waals surface area contributed by atoms with E-state index in [9.17, 15) is 9.59 Å². The second kappa shape index (κ2) is 8.12. The number of carboxylic acid groups (broad SMARTS) is 1. The Kier molecular flexibility index (Phi) is 5.92. The van der Waals surface area contributed by atoms with Crippen LogP contribution in [0.2, 0.25) is 5.02 Å². The minimum atomic E-state index is -1.08. The number of aliphatic carboxylic acids is 1. The van der Waals surface area contributed by atoms with Crippen LogP contribution in [0.25, 0.3) is 0 Å². The molecular formula is C17H14ClNO5. The Hall–Kier alpha value is -2.86. The molecule has 124 valence electrons. The third-order valence-electron chi connectivity index (χ3n) is 2.96. The molecule has 2 rings (SSSR count). The molecule has 0 spiro atoms. The van der Waals surface area contributed by atoms with Gasteiger partial charge in [-0.3, -0.25) is 4.99 Å². The highest BCUT2D eigenvalue weighted by Gasteiger charge is 2.05.